The monoisotopic (exact) mass is 442 g/mol. The molecular formula is C18H17B3N8O4. The fourth-order valence-electron chi connectivity index (χ4n) is 2.74. The summed E-state index contributed by atoms with van der Waals surface area (Å²) in [5, 5.41) is 19.7. The molecule has 3 aromatic rings. The van der Waals surface area contributed by atoms with Gasteiger partial charge in [0.15, 0.2) is 17.3 Å². The molecule has 6 radical (unpaired) electrons. The van der Waals surface area contributed by atoms with Crippen molar-refractivity contribution in [2.75, 3.05) is 24.8 Å². The van der Waals surface area contributed by atoms with Crippen molar-refractivity contribution < 1.29 is 18.8 Å². The summed E-state index contributed by atoms with van der Waals surface area (Å²) >= 11 is 0. The molecule has 0 spiro atoms. The predicted octanol–water partition coefficient (Wildman–Crippen LogP) is 0.185. The van der Waals surface area contributed by atoms with Gasteiger partial charge >= 0.3 is 6.03 Å². The largest absolute Gasteiger partial charge is 0.494 e. The van der Waals surface area contributed by atoms with Crippen molar-refractivity contribution in [3.63, 3.8) is 0 Å². The number of para-hydroxylation sites is 1. The van der Waals surface area contributed by atoms with Gasteiger partial charge < -0.3 is 25.2 Å². The van der Waals surface area contributed by atoms with Crippen molar-refractivity contribution >= 4 is 52.7 Å². The van der Waals surface area contributed by atoms with E-state index in [0.717, 1.165) is 0 Å². The average molecular weight is 442 g/mol. The molecule has 0 saturated carbocycles. The van der Waals surface area contributed by atoms with Gasteiger partial charge in [0, 0.05) is 20.0 Å². The Morgan fingerprint density at radius 1 is 1.15 bits per heavy atom. The number of carbonyl (C=O) groups is 2. The number of carbonyl (C=O) groups excluding carboxylic acids is 2. The molecular weight excluding hydrogens is 425 g/mol. The fourth-order valence-corrected chi connectivity index (χ4v) is 2.74. The minimum atomic E-state index is -2.00. The Balaban J connectivity index is 2.06. The maximum atomic E-state index is 12.6. The topological polar surface area (TPSA) is 156 Å². The Labute approximate surface area is 192 Å². The number of methoxy groups -OCH3 is 1. The van der Waals surface area contributed by atoms with Crippen LogP contribution in [0.2, 0.25) is 0 Å². The van der Waals surface area contributed by atoms with Crippen LogP contribution in [0, 0.1) is 6.92 Å². The number of urea groups is 1. The number of nitrogens with zero attached hydrogens (tertiary/aromatic N) is 4. The van der Waals surface area contributed by atoms with E-state index in [9.17, 15) is 9.59 Å². The Morgan fingerprint density at radius 2 is 1.91 bits per heavy atom. The van der Waals surface area contributed by atoms with Gasteiger partial charge in [-0.3, -0.25) is 10.1 Å². The molecule has 3 rings (SSSR count). The molecule has 33 heavy (non-hydrogen) atoms. The summed E-state index contributed by atoms with van der Waals surface area (Å²) in [5.41, 5.74) is 0.884. The maximum absolute atomic E-state index is 12.6. The van der Waals surface area contributed by atoms with Crippen molar-refractivity contribution in [2.24, 2.45) is 0 Å². The fraction of sp³-hybridized carbons (Fsp3) is 0.222. The van der Waals surface area contributed by atoms with Crippen molar-refractivity contribution in [3.8, 4) is 17.1 Å². The standard InChI is InChI=1S/C18H17B3N8O4/c1-8-23-15(29-33-8)9-5-4-6-10(14(9)32-3)24-11-7-12(25-17(31)22-2)27-28-13(11)16(30)26-18(19,20)21/h4-7H,1-3H3,(H,26,30)(H3,22,24,25,27,31). The molecule has 1 aromatic carbocycles. The van der Waals surface area contributed by atoms with Gasteiger partial charge in [0.05, 0.1) is 47.6 Å². The molecule has 0 aliphatic carbocycles. The van der Waals surface area contributed by atoms with Crippen molar-refractivity contribution in [3.05, 3.63) is 35.9 Å². The Bertz CT molecular complexity index is 1180. The zero-order valence-corrected chi connectivity index (χ0v) is 18.0. The second kappa shape index (κ2) is 9.63. The second-order valence-electron chi connectivity index (χ2n) is 6.73. The number of amides is 3. The molecule has 0 aliphatic rings. The number of anilines is 3. The summed E-state index contributed by atoms with van der Waals surface area (Å²) < 4.78 is 10.6. The van der Waals surface area contributed by atoms with Gasteiger partial charge in [-0.1, -0.05) is 16.5 Å². The number of ether oxygens (including phenoxy) is 1. The zero-order chi connectivity index (χ0) is 24.2. The van der Waals surface area contributed by atoms with Crippen LogP contribution in [0.15, 0.2) is 28.8 Å². The van der Waals surface area contributed by atoms with Gasteiger partial charge in [0.1, 0.15) is 0 Å². The zero-order valence-electron chi connectivity index (χ0n) is 18.0. The number of hydrogen-bond donors (Lipinski definition) is 4. The lowest BCUT2D eigenvalue weighted by Gasteiger charge is -2.23. The predicted molar refractivity (Wildman–Crippen MR) is 122 cm³/mol. The van der Waals surface area contributed by atoms with Crippen molar-refractivity contribution in [1.29, 1.82) is 0 Å². The number of aromatic nitrogens is 4. The third-order valence-corrected chi connectivity index (χ3v) is 4.06. The first-order chi connectivity index (χ1) is 15.6. The SMILES string of the molecule is [B]C([B])([B])NC(=O)c1nnc(NC(=O)NC)cc1Nc1cccc(-c2noc(C)n2)c1OC. The van der Waals surface area contributed by atoms with Crippen LogP contribution in [0.5, 0.6) is 5.75 Å². The molecule has 3 amide bonds. The normalized spacial score (nSPS) is 10.9. The molecule has 0 fully saturated rings. The number of aryl methyl sites for hydroxylation is 1. The summed E-state index contributed by atoms with van der Waals surface area (Å²) in [7, 11) is 19.3. The van der Waals surface area contributed by atoms with E-state index in [0.29, 0.717) is 28.7 Å². The summed E-state index contributed by atoms with van der Waals surface area (Å²) in [6, 6.07) is 5.98. The van der Waals surface area contributed by atoms with Crippen LogP contribution in [0.4, 0.5) is 22.0 Å². The summed E-state index contributed by atoms with van der Waals surface area (Å²) in [5.74, 6) is 0.277. The highest BCUT2D eigenvalue weighted by molar-refractivity contribution is 6.60. The average Bonchev–Trinajstić information content (AvgIpc) is 3.18. The summed E-state index contributed by atoms with van der Waals surface area (Å²) in [6.07, 6.45) is 0. The van der Waals surface area contributed by atoms with Gasteiger partial charge in [-0.2, -0.15) is 4.98 Å². The Morgan fingerprint density at radius 3 is 2.52 bits per heavy atom. The molecule has 2 aromatic heterocycles. The summed E-state index contributed by atoms with van der Waals surface area (Å²) in [6.45, 7) is 1.66. The van der Waals surface area contributed by atoms with Gasteiger partial charge in [-0.05, 0) is 12.1 Å². The van der Waals surface area contributed by atoms with Crippen LogP contribution < -0.4 is 26.0 Å². The van der Waals surface area contributed by atoms with Crippen LogP contribution in [-0.2, 0) is 0 Å². The molecule has 0 saturated heterocycles. The minimum Gasteiger partial charge on any atom is -0.494 e. The molecule has 15 heteroatoms. The highest BCUT2D eigenvalue weighted by Crippen LogP contribution is 2.37. The first-order valence-corrected chi connectivity index (χ1v) is 9.41. The third-order valence-electron chi connectivity index (χ3n) is 4.06. The number of hydrogen-bond acceptors (Lipinski definition) is 9. The van der Waals surface area contributed by atoms with E-state index in [1.807, 2.05) is 0 Å². The van der Waals surface area contributed by atoms with Gasteiger partial charge in [0.25, 0.3) is 5.91 Å². The van der Waals surface area contributed by atoms with E-state index in [1.165, 1.54) is 20.2 Å². The van der Waals surface area contributed by atoms with E-state index in [2.05, 4.69) is 41.6 Å². The number of benzene rings is 1. The molecule has 162 valence electrons. The van der Waals surface area contributed by atoms with E-state index < -0.39 is 17.2 Å². The van der Waals surface area contributed by atoms with Crippen molar-refractivity contribution in [1.82, 2.24) is 31.0 Å². The molecule has 0 unspecified atom stereocenters. The quantitative estimate of drug-likeness (QED) is 0.375. The van der Waals surface area contributed by atoms with E-state index in [-0.39, 0.29) is 17.2 Å². The van der Waals surface area contributed by atoms with Crippen LogP contribution in [0.1, 0.15) is 16.4 Å². The lowest BCUT2D eigenvalue weighted by atomic mass is 9.49. The van der Waals surface area contributed by atoms with E-state index in [4.69, 9.17) is 32.8 Å². The molecule has 2 heterocycles. The summed E-state index contributed by atoms with van der Waals surface area (Å²) in [4.78, 5) is 28.5. The Kier molecular flexibility index (Phi) is 6.90. The van der Waals surface area contributed by atoms with Crippen molar-refractivity contribution in [2.45, 2.75) is 12.2 Å². The second-order valence-corrected chi connectivity index (χ2v) is 6.73. The van der Waals surface area contributed by atoms with Crippen LogP contribution in [-0.4, -0.2) is 75.2 Å². The first-order valence-electron chi connectivity index (χ1n) is 9.41. The van der Waals surface area contributed by atoms with Crippen LogP contribution in [0.25, 0.3) is 11.4 Å². The molecule has 0 aliphatic heterocycles. The van der Waals surface area contributed by atoms with E-state index >= 15 is 0 Å². The molecule has 0 atom stereocenters. The molecule has 0 bridgehead atoms. The third kappa shape index (κ3) is 5.81. The minimum absolute atomic E-state index is 0.0526. The van der Waals surface area contributed by atoms with Crippen LogP contribution >= 0.6 is 0 Å². The molecule has 4 N–H and O–H groups in total. The van der Waals surface area contributed by atoms with Gasteiger partial charge in [-0.15, -0.1) is 10.2 Å². The smallest absolute Gasteiger partial charge is 0.320 e. The lowest BCUT2D eigenvalue weighted by molar-refractivity contribution is 0.0947. The Hall–Kier alpha value is -4.03. The van der Waals surface area contributed by atoms with Gasteiger partial charge in [0.2, 0.25) is 11.7 Å². The first kappa shape index (κ1) is 23.6. The lowest BCUT2D eigenvalue weighted by Crippen LogP contribution is -2.50. The van der Waals surface area contributed by atoms with Crippen LogP contribution in [0.3, 0.4) is 0 Å². The highest BCUT2D eigenvalue weighted by atomic mass is 16.5. The van der Waals surface area contributed by atoms with Gasteiger partial charge in [-0.25, -0.2) is 4.79 Å². The van der Waals surface area contributed by atoms with E-state index in [1.54, 1.807) is 25.1 Å². The molecule has 12 nitrogen and oxygen atoms in total. The highest BCUT2D eigenvalue weighted by Gasteiger charge is 2.22. The maximum Gasteiger partial charge on any atom is 0.320 e. The number of nitrogens with one attached hydrogen (secondary N) is 4. The number of rotatable bonds is 7.